The number of anilines is 1. The minimum absolute atomic E-state index is 0.0191. The van der Waals surface area contributed by atoms with Crippen molar-refractivity contribution >= 4 is 5.69 Å². The van der Waals surface area contributed by atoms with E-state index in [0.717, 1.165) is 32.0 Å². The first kappa shape index (κ1) is 21.3. The fourth-order valence-corrected chi connectivity index (χ4v) is 4.72. The third-order valence-electron chi connectivity index (χ3n) is 6.48. The van der Waals surface area contributed by atoms with Gasteiger partial charge in [0.05, 0.1) is 12.6 Å². The van der Waals surface area contributed by atoms with Gasteiger partial charge in [0.2, 0.25) is 0 Å². The van der Waals surface area contributed by atoms with E-state index in [9.17, 15) is 0 Å². The third-order valence-corrected chi connectivity index (χ3v) is 6.48. The van der Waals surface area contributed by atoms with E-state index in [-0.39, 0.29) is 6.04 Å². The van der Waals surface area contributed by atoms with E-state index >= 15 is 0 Å². The zero-order valence-electron chi connectivity index (χ0n) is 19.3. The number of hydrogen-bond donors (Lipinski definition) is 0. The summed E-state index contributed by atoms with van der Waals surface area (Å²) in [5.41, 5.74) is 6.40. The van der Waals surface area contributed by atoms with Crippen LogP contribution in [0.15, 0.2) is 78.9 Å². The first-order valence-electron chi connectivity index (χ1n) is 11.6. The first-order valence-corrected chi connectivity index (χ1v) is 11.6. The summed E-state index contributed by atoms with van der Waals surface area (Å²) in [6, 6.07) is 27.7. The summed E-state index contributed by atoms with van der Waals surface area (Å²) in [5.74, 6) is 0.894. The van der Waals surface area contributed by atoms with Gasteiger partial charge in [-0.2, -0.15) is 0 Å². The molecule has 0 amide bonds. The molecule has 0 N–H and O–H groups in total. The lowest BCUT2D eigenvalue weighted by Gasteiger charge is -2.40. The number of rotatable bonds is 6. The Morgan fingerprint density at radius 1 is 0.818 bits per heavy atom. The van der Waals surface area contributed by atoms with Crippen LogP contribution in [0.1, 0.15) is 34.1 Å². The minimum Gasteiger partial charge on any atom is -0.369 e. The van der Waals surface area contributed by atoms with E-state index in [0.29, 0.717) is 6.54 Å². The zero-order chi connectivity index (χ0) is 22.6. The van der Waals surface area contributed by atoms with Gasteiger partial charge in [-0.25, -0.2) is 4.68 Å². The maximum Gasteiger partial charge on any atom is 0.173 e. The van der Waals surface area contributed by atoms with Crippen LogP contribution in [0.2, 0.25) is 0 Å². The van der Waals surface area contributed by atoms with E-state index in [1.807, 2.05) is 10.7 Å². The molecule has 1 aliphatic heterocycles. The summed E-state index contributed by atoms with van der Waals surface area (Å²) in [4.78, 5) is 5.03. The Labute approximate surface area is 195 Å². The van der Waals surface area contributed by atoms with E-state index in [2.05, 4.69) is 112 Å². The second-order valence-corrected chi connectivity index (χ2v) is 8.81. The molecule has 4 aromatic rings. The van der Waals surface area contributed by atoms with Crippen LogP contribution in [0.3, 0.4) is 0 Å². The predicted molar refractivity (Wildman–Crippen MR) is 131 cm³/mol. The predicted octanol–water partition coefficient (Wildman–Crippen LogP) is 4.25. The SMILES string of the molecule is Cc1ccc(C)c(N2CCN([C@H](c3ccccc3)c3nnnn3Cc3ccccc3)CC2)c1. The van der Waals surface area contributed by atoms with E-state index in [4.69, 9.17) is 0 Å². The normalized spacial score (nSPS) is 15.5. The van der Waals surface area contributed by atoms with Gasteiger partial charge in [0, 0.05) is 31.9 Å². The second kappa shape index (κ2) is 9.55. The van der Waals surface area contributed by atoms with E-state index in [1.165, 1.54) is 27.9 Å². The number of piperazine rings is 1. The van der Waals surface area contributed by atoms with Crippen LogP contribution in [0.25, 0.3) is 0 Å². The number of tetrazole rings is 1. The van der Waals surface area contributed by atoms with Crippen molar-refractivity contribution in [3.63, 3.8) is 0 Å². The molecule has 0 spiro atoms. The number of benzene rings is 3. The molecule has 1 aliphatic rings. The van der Waals surface area contributed by atoms with Gasteiger partial charge in [0.25, 0.3) is 0 Å². The van der Waals surface area contributed by atoms with Crippen molar-refractivity contribution in [1.29, 1.82) is 0 Å². The molecular weight excluding hydrogens is 408 g/mol. The summed E-state index contributed by atoms with van der Waals surface area (Å²) in [7, 11) is 0. The van der Waals surface area contributed by atoms with E-state index < -0.39 is 0 Å². The molecule has 0 radical (unpaired) electrons. The highest BCUT2D eigenvalue weighted by Gasteiger charge is 2.31. The molecule has 1 saturated heterocycles. The van der Waals surface area contributed by atoms with Gasteiger partial charge in [0.1, 0.15) is 0 Å². The second-order valence-electron chi connectivity index (χ2n) is 8.81. The lowest BCUT2D eigenvalue weighted by Crippen LogP contribution is -2.48. The van der Waals surface area contributed by atoms with Gasteiger partial charge in [-0.3, -0.25) is 4.90 Å². The Kier molecular flexibility index (Phi) is 6.17. The van der Waals surface area contributed by atoms with Gasteiger partial charge >= 0.3 is 0 Å². The number of aryl methyl sites for hydroxylation is 2. The van der Waals surface area contributed by atoms with Crippen molar-refractivity contribution in [3.8, 4) is 0 Å². The Morgan fingerprint density at radius 3 is 2.24 bits per heavy atom. The molecule has 0 bridgehead atoms. The molecule has 1 atom stereocenters. The number of aromatic nitrogens is 4. The molecule has 1 aromatic heterocycles. The quantitative estimate of drug-likeness (QED) is 0.450. The van der Waals surface area contributed by atoms with Gasteiger partial charge in [-0.15, -0.1) is 5.10 Å². The van der Waals surface area contributed by atoms with Gasteiger partial charge in [-0.05, 0) is 52.6 Å². The molecule has 0 unspecified atom stereocenters. The molecule has 0 saturated carbocycles. The monoisotopic (exact) mass is 438 g/mol. The van der Waals surface area contributed by atoms with E-state index in [1.54, 1.807) is 0 Å². The molecule has 5 rings (SSSR count). The van der Waals surface area contributed by atoms with Gasteiger partial charge in [-0.1, -0.05) is 72.8 Å². The van der Waals surface area contributed by atoms with Crippen molar-refractivity contribution in [2.45, 2.75) is 26.4 Å². The van der Waals surface area contributed by atoms with Gasteiger partial charge in [0.15, 0.2) is 5.82 Å². The van der Waals surface area contributed by atoms with Gasteiger partial charge < -0.3 is 4.90 Å². The van der Waals surface area contributed by atoms with Crippen molar-refractivity contribution < 1.29 is 0 Å². The molecule has 1 fully saturated rings. The average molecular weight is 439 g/mol. The maximum absolute atomic E-state index is 4.51. The summed E-state index contributed by atoms with van der Waals surface area (Å²) in [6.45, 7) is 8.88. The lowest BCUT2D eigenvalue weighted by atomic mass is 10.0. The highest BCUT2D eigenvalue weighted by molar-refractivity contribution is 5.55. The zero-order valence-corrected chi connectivity index (χ0v) is 19.3. The molecule has 168 valence electrons. The Balaban J connectivity index is 1.41. The minimum atomic E-state index is 0.0191. The van der Waals surface area contributed by atoms with Crippen molar-refractivity contribution in [2.24, 2.45) is 0 Å². The highest BCUT2D eigenvalue weighted by Crippen LogP contribution is 2.30. The fraction of sp³-hybridized carbons (Fsp3) is 0.296. The van der Waals surface area contributed by atoms with Crippen molar-refractivity contribution in [2.75, 3.05) is 31.1 Å². The summed E-state index contributed by atoms with van der Waals surface area (Å²) < 4.78 is 1.95. The smallest absolute Gasteiger partial charge is 0.173 e. The molecule has 2 heterocycles. The Morgan fingerprint density at radius 2 is 1.52 bits per heavy atom. The topological polar surface area (TPSA) is 50.1 Å². The molecule has 6 nitrogen and oxygen atoms in total. The summed E-state index contributed by atoms with van der Waals surface area (Å²) >= 11 is 0. The van der Waals surface area contributed by atoms with Crippen LogP contribution < -0.4 is 4.90 Å². The van der Waals surface area contributed by atoms with Crippen LogP contribution in [-0.4, -0.2) is 51.3 Å². The molecular formula is C27H30N6. The largest absolute Gasteiger partial charge is 0.369 e. The molecule has 3 aromatic carbocycles. The lowest BCUT2D eigenvalue weighted by molar-refractivity contribution is 0.201. The van der Waals surface area contributed by atoms with Crippen LogP contribution >= 0.6 is 0 Å². The highest BCUT2D eigenvalue weighted by atomic mass is 15.6. The van der Waals surface area contributed by atoms with Crippen LogP contribution in [0, 0.1) is 13.8 Å². The first-order chi connectivity index (χ1) is 16.2. The Bertz CT molecular complexity index is 1180. The summed E-state index contributed by atoms with van der Waals surface area (Å²) in [6.07, 6.45) is 0. The average Bonchev–Trinajstić information content (AvgIpc) is 3.30. The molecule has 6 heteroatoms. The fourth-order valence-electron chi connectivity index (χ4n) is 4.72. The number of nitrogens with zero attached hydrogens (tertiary/aromatic N) is 6. The van der Waals surface area contributed by atoms with Crippen LogP contribution in [-0.2, 0) is 6.54 Å². The Hall–Kier alpha value is -3.51. The summed E-state index contributed by atoms with van der Waals surface area (Å²) in [5, 5.41) is 12.9. The third kappa shape index (κ3) is 4.66. The van der Waals surface area contributed by atoms with Crippen molar-refractivity contribution in [1.82, 2.24) is 25.1 Å². The van der Waals surface area contributed by atoms with Crippen molar-refractivity contribution in [3.05, 3.63) is 107 Å². The molecule has 0 aliphatic carbocycles. The number of hydrogen-bond acceptors (Lipinski definition) is 5. The van der Waals surface area contributed by atoms with Crippen LogP contribution in [0.5, 0.6) is 0 Å². The standard InChI is InChI=1S/C27H30N6/c1-21-13-14-22(2)25(19-21)31-15-17-32(18-16-31)26(24-11-7-4-8-12-24)27-28-29-30-33(27)20-23-9-5-3-6-10-23/h3-14,19,26H,15-18,20H2,1-2H3/t26-/m1/s1. The molecule has 33 heavy (non-hydrogen) atoms. The maximum atomic E-state index is 4.51. The van der Waals surface area contributed by atoms with Crippen LogP contribution in [0.4, 0.5) is 5.69 Å².